The molecule has 29 heavy (non-hydrogen) atoms. The number of benzene rings is 2. The monoisotopic (exact) mass is 397 g/mol. The summed E-state index contributed by atoms with van der Waals surface area (Å²) in [6.07, 6.45) is 7.52. The van der Waals surface area contributed by atoms with Gasteiger partial charge in [-0.3, -0.25) is 9.98 Å². The first kappa shape index (κ1) is 18.1. The molecule has 1 heterocycles. The molecule has 0 saturated heterocycles. The second-order valence-corrected chi connectivity index (χ2v) is 8.52. The molecule has 2 atom stereocenters. The van der Waals surface area contributed by atoms with Crippen molar-refractivity contribution in [3.63, 3.8) is 0 Å². The third kappa shape index (κ3) is 3.34. The zero-order valence-electron chi connectivity index (χ0n) is 16.2. The lowest BCUT2D eigenvalue weighted by Crippen LogP contribution is -2.23. The van der Waals surface area contributed by atoms with E-state index in [1.54, 1.807) is 0 Å². The van der Waals surface area contributed by atoms with Gasteiger partial charge in [0.2, 0.25) is 0 Å². The molecular formula is C25H20ClN3. The van der Waals surface area contributed by atoms with Crippen LogP contribution in [0.3, 0.4) is 0 Å². The molecule has 0 N–H and O–H groups in total. The molecule has 2 aromatic carbocycles. The summed E-state index contributed by atoms with van der Waals surface area (Å²) in [4.78, 5) is 9.96. The fraction of sp³-hybridized carbons (Fsp3) is 0.240. The lowest BCUT2D eigenvalue weighted by molar-refractivity contribution is 0.433. The minimum Gasteiger partial charge on any atom is -0.255 e. The van der Waals surface area contributed by atoms with Crippen molar-refractivity contribution in [1.29, 1.82) is 5.26 Å². The van der Waals surface area contributed by atoms with Crippen molar-refractivity contribution in [2.45, 2.75) is 32.1 Å². The molecule has 3 aromatic rings. The van der Waals surface area contributed by atoms with Gasteiger partial charge in [-0.25, -0.2) is 0 Å². The van der Waals surface area contributed by atoms with E-state index in [9.17, 15) is 0 Å². The molecule has 2 aliphatic rings. The van der Waals surface area contributed by atoms with E-state index in [1.165, 1.54) is 17.6 Å². The molecule has 0 saturated carbocycles. The van der Waals surface area contributed by atoms with Crippen molar-refractivity contribution in [1.82, 2.24) is 4.98 Å². The number of allylic oxidation sites excluding steroid dienone is 2. The van der Waals surface area contributed by atoms with E-state index in [-0.39, 0.29) is 0 Å². The first-order valence-corrected chi connectivity index (χ1v) is 10.3. The Balaban J connectivity index is 1.67. The van der Waals surface area contributed by atoms with Crippen molar-refractivity contribution < 1.29 is 0 Å². The second-order valence-electron chi connectivity index (χ2n) is 8.09. The summed E-state index contributed by atoms with van der Waals surface area (Å²) >= 11 is 6.26. The second kappa shape index (κ2) is 7.13. The molecule has 5 rings (SSSR count). The average Bonchev–Trinajstić information content (AvgIpc) is 2.71. The van der Waals surface area contributed by atoms with E-state index < -0.39 is 0 Å². The minimum absolute atomic E-state index is 0.467. The molecule has 0 amide bonds. The molecule has 1 aromatic heterocycles. The predicted octanol–water partition coefficient (Wildman–Crippen LogP) is 6.51. The van der Waals surface area contributed by atoms with Crippen molar-refractivity contribution in [2.75, 3.05) is 0 Å². The number of fused-ring (bicyclic) bond motifs is 5. The molecule has 0 aliphatic heterocycles. The highest BCUT2D eigenvalue weighted by Gasteiger charge is 2.33. The SMILES string of the molecule is CC1=CC2Cc3nc4cc(Cl)ccc4c(/N=C/c4ccc(C#N)cc4)c3C(C1)C2. The molecule has 3 nitrogen and oxygen atoms in total. The van der Waals surface area contributed by atoms with Crippen molar-refractivity contribution in [2.24, 2.45) is 10.9 Å². The number of aliphatic imine (C=N–C) groups is 1. The average molecular weight is 398 g/mol. The van der Waals surface area contributed by atoms with Crippen LogP contribution in [0.5, 0.6) is 0 Å². The van der Waals surface area contributed by atoms with Gasteiger partial charge in [0.1, 0.15) is 0 Å². The van der Waals surface area contributed by atoms with E-state index in [4.69, 9.17) is 26.8 Å². The van der Waals surface area contributed by atoms with E-state index in [0.29, 0.717) is 22.4 Å². The van der Waals surface area contributed by atoms with Crippen molar-refractivity contribution in [3.05, 3.63) is 81.5 Å². The topological polar surface area (TPSA) is 49.0 Å². The molecule has 2 bridgehead atoms. The van der Waals surface area contributed by atoms with Gasteiger partial charge in [0.05, 0.1) is 22.8 Å². The Morgan fingerprint density at radius 3 is 2.79 bits per heavy atom. The minimum atomic E-state index is 0.467. The Hall–Kier alpha value is -2.96. The van der Waals surface area contributed by atoms with Gasteiger partial charge in [-0.15, -0.1) is 0 Å². The maximum atomic E-state index is 9.01. The zero-order valence-corrected chi connectivity index (χ0v) is 16.9. The Labute approximate surface area is 175 Å². The van der Waals surface area contributed by atoms with Crippen LogP contribution in [-0.2, 0) is 6.42 Å². The number of pyridine rings is 1. The van der Waals surface area contributed by atoms with Crippen LogP contribution < -0.4 is 0 Å². The smallest absolute Gasteiger partial charge is 0.0991 e. The third-order valence-electron chi connectivity index (χ3n) is 5.96. The number of nitrogens with zero attached hydrogens (tertiary/aromatic N) is 3. The molecule has 0 spiro atoms. The number of aromatic nitrogens is 1. The largest absolute Gasteiger partial charge is 0.255 e. The number of hydrogen-bond donors (Lipinski definition) is 0. The van der Waals surface area contributed by atoms with Gasteiger partial charge in [-0.05, 0) is 73.9 Å². The fourth-order valence-corrected chi connectivity index (χ4v) is 4.94. The molecule has 2 unspecified atom stereocenters. The Morgan fingerprint density at radius 1 is 1.17 bits per heavy atom. The number of rotatable bonds is 2. The molecule has 0 fully saturated rings. The van der Waals surface area contributed by atoms with Crippen LogP contribution in [0.25, 0.3) is 10.9 Å². The molecule has 142 valence electrons. The highest BCUT2D eigenvalue weighted by molar-refractivity contribution is 6.31. The molecular weight excluding hydrogens is 378 g/mol. The van der Waals surface area contributed by atoms with E-state index in [2.05, 4.69) is 19.1 Å². The number of hydrogen-bond acceptors (Lipinski definition) is 3. The van der Waals surface area contributed by atoms with Crippen LogP contribution in [-0.4, -0.2) is 11.2 Å². The number of halogens is 1. The van der Waals surface area contributed by atoms with Gasteiger partial charge >= 0.3 is 0 Å². The highest BCUT2D eigenvalue weighted by Crippen LogP contribution is 2.48. The normalized spacial score (nSPS) is 20.4. The van der Waals surface area contributed by atoms with E-state index >= 15 is 0 Å². The fourth-order valence-electron chi connectivity index (χ4n) is 4.78. The third-order valence-corrected chi connectivity index (χ3v) is 6.19. The Bertz CT molecular complexity index is 1220. The standard InChI is InChI=1S/C25H20ClN3/c1-15-8-18-10-19(9-15)24-23(11-18)29-22-12-20(26)6-7-21(22)25(24)28-14-17-4-2-16(13-27)3-5-17/h2-8,12,14,18-19H,9-11H2,1H3/b28-14+. The maximum Gasteiger partial charge on any atom is 0.0991 e. The van der Waals surface area contributed by atoms with Crippen molar-refractivity contribution in [3.8, 4) is 6.07 Å². The quantitative estimate of drug-likeness (QED) is 0.365. The van der Waals surface area contributed by atoms with Crippen LogP contribution in [0.2, 0.25) is 5.02 Å². The summed E-state index contributed by atoms with van der Waals surface area (Å²) in [6.45, 7) is 2.23. The summed E-state index contributed by atoms with van der Waals surface area (Å²) in [5.41, 5.74) is 7.48. The van der Waals surface area contributed by atoms with Crippen LogP contribution >= 0.6 is 11.6 Å². The summed E-state index contributed by atoms with van der Waals surface area (Å²) in [7, 11) is 0. The summed E-state index contributed by atoms with van der Waals surface area (Å²) < 4.78 is 0. The van der Waals surface area contributed by atoms with Crippen LogP contribution in [0.15, 0.2) is 59.1 Å². The van der Waals surface area contributed by atoms with Gasteiger partial charge in [0.25, 0.3) is 0 Å². The first-order chi connectivity index (χ1) is 14.1. The molecule has 2 aliphatic carbocycles. The Morgan fingerprint density at radius 2 is 2.00 bits per heavy atom. The van der Waals surface area contributed by atoms with Crippen LogP contribution in [0, 0.1) is 17.2 Å². The molecule has 4 heteroatoms. The zero-order chi connectivity index (χ0) is 20.0. The van der Waals surface area contributed by atoms with Crippen LogP contribution in [0.4, 0.5) is 5.69 Å². The van der Waals surface area contributed by atoms with E-state index in [1.807, 2.05) is 48.7 Å². The molecule has 0 radical (unpaired) electrons. The highest BCUT2D eigenvalue weighted by atomic mass is 35.5. The maximum absolute atomic E-state index is 9.01. The van der Waals surface area contributed by atoms with E-state index in [0.717, 1.165) is 40.7 Å². The predicted molar refractivity (Wildman–Crippen MR) is 118 cm³/mol. The van der Waals surface area contributed by atoms with Gasteiger partial charge in [-0.2, -0.15) is 5.26 Å². The first-order valence-electron chi connectivity index (χ1n) is 9.94. The van der Waals surface area contributed by atoms with Crippen molar-refractivity contribution >= 4 is 34.4 Å². The summed E-state index contributed by atoms with van der Waals surface area (Å²) in [6, 6.07) is 15.5. The van der Waals surface area contributed by atoms with Crippen LogP contribution in [0.1, 0.15) is 48.1 Å². The van der Waals surface area contributed by atoms with Gasteiger partial charge < -0.3 is 0 Å². The Kier molecular flexibility index (Phi) is 4.45. The van der Waals surface area contributed by atoms with Gasteiger partial charge in [-0.1, -0.05) is 35.4 Å². The number of nitriles is 1. The van der Waals surface area contributed by atoms with Gasteiger partial charge in [0.15, 0.2) is 0 Å². The lowest BCUT2D eigenvalue weighted by Gasteiger charge is -2.35. The summed E-state index contributed by atoms with van der Waals surface area (Å²) in [5.74, 6) is 1.04. The lowest BCUT2D eigenvalue weighted by atomic mass is 9.71. The summed E-state index contributed by atoms with van der Waals surface area (Å²) in [5, 5.41) is 10.7. The van der Waals surface area contributed by atoms with Gasteiger partial charge in [0, 0.05) is 27.9 Å².